The molecule has 1 heterocycles. The summed E-state index contributed by atoms with van der Waals surface area (Å²) in [6, 6.07) is -0.329. The van der Waals surface area contributed by atoms with Gasteiger partial charge in [-0.25, -0.2) is 4.21 Å². The molecule has 0 radical (unpaired) electrons. The number of hydrogen-bond acceptors (Lipinski definition) is 2. The highest BCUT2D eigenvalue weighted by Gasteiger charge is 2.35. The molecule has 0 aliphatic carbocycles. The van der Waals surface area contributed by atoms with E-state index >= 15 is 0 Å². The van der Waals surface area contributed by atoms with Gasteiger partial charge in [0.05, 0.1) is 17.2 Å². The molecule has 1 rings (SSSR count). The van der Waals surface area contributed by atoms with Gasteiger partial charge in [0, 0.05) is 0 Å². The van der Waals surface area contributed by atoms with Gasteiger partial charge in [-0.15, -0.1) is 0 Å². The van der Waals surface area contributed by atoms with Crippen molar-refractivity contribution in [3.05, 3.63) is 35.1 Å². The highest BCUT2D eigenvalue weighted by Crippen LogP contribution is 2.36. The summed E-state index contributed by atoms with van der Waals surface area (Å²) >= 11 is -2.16. The third-order valence-corrected chi connectivity index (χ3v) is 4.59. The lowest BCUT2D eigenvalue weighted by molar-refractivity contribution is -0.146. The van der Waals surface area contributed by atoms with Gasteiger partial charge in [-0.1, -0.05) is 18.2 Å². The van der Waals surface area contributed by atoms with Crippen LogP contribution >= 0.6 is 0 Å². The third kappa shape index (κ3) is 3.63. The van der Waals surface area contributed by atoms with Gasteiger partial charge in [0.15, 0.2) is 0 Å². The van der Waals surface area contributed by atoms with E-state index in [-0.39, 0.29) is 6.04 Å². The Morgan fingerprint density at radius 2 is 2.00 bits per heavy atom. The molecule has 0 spiro atoms. The summed E-state index contributed by atoms with van der Waals surface area (Å²) < 4.78 is 22.6. The zero-order valence-electron chi connectivity index (χ0n) is 13.1. The van der Waals surface area contributed by atoms with Crippen LogP contribution in [0.15, 0.2) is 35.1 Å². The van der Waals surface area contributed by atoms with E-state index in [0.29, 0.717) is 12.1 Å². The Morgan fingerprint density at radius 3 is 2.38 bits per heavy atom. The predicted octanol–water partition coefficient (Wildman–Crippen LogP) is 3.10. The van der Waals surface area contributed by atoms with E-state index in [1.165, 1.54) is 4.31 Å². The highest BCUT2D eigenvalue weighted by atomic mass is 32.2. The summed E-state index contributed by atoms with van der Waals surface area (Å²) in [6.45, 7) is 8.79. The van der Waals surface area contributed by atoms with E-state index in [1.807, 2.05) is 32.9 Å². The molecular formula is C15H23NO4S. The van der Waals surface area contributed by atoms with Crippen molar-refractivity contribution in [1.29, 1.82) is 0 Å². The standard InChI is InChI=1S/C15H23NO4S/c1-6-11-8-12(9-15(4,5)14(17)18)10(3)16(21(19)20)13(11)7-2/h6-8,10H,9H2,1-5H3,(H,17,18)(H,19,20)/b11-6-,13-7+/t10-/m1/s1. The number of carboxylic acids is 1. The highest BCUT2D eigenvalue weighted by molar-refractivity contribution is 7.76. The quantitative estimate of drug-likeness (QED) is 0.782. The molecule has 5 nitrogen and oxygen atoms in total. The lowest BCUT2D eigenvalue weighted by Crippen LogP contribution is -2.40. The molecule has 0 aromatic rings. The van der Waals surface area contributed by atoms with Gasteiger partial charge in [-0.2, -0.15) is 0 Å². The third-order valence-electron chi connectivity index (χ3n) is 3.74. The number of aliphatic carboxylic acids is 1. The van der Waals surface area contributed by atoms with Crippen LogP contribution < -0.4 is 0 Å². The molecule has 0 saturated carbocycles. The van der Waals surface area contributed by atoms with Crippen LogP contribution in [0.1, 0.15) is 41.0 Å². The Morgan fingerprint density at radius 1 is 1.43 bits per heavy atom. The molecule has 0 fully saturated rings. The van der Waals surface area contributed by atoms with E-state index in [0.717, 1.165) is 11.1 Å². The fraction of sp³-hybridized carbons (Fsp3) is 0.533. The second kappa shape index (κ2) is 6.58. The van der Waals surface area contributed by atoms with Crippen molar-refractivity contribution < 1.29 is 18.7 Å². The van der Waals surface area contributed by atoms with Crippen LogP contribution in [-0.2, 0) is 16.1 Å². The van der Waals surface area contributed by atoms with Crippen LogP contribution in [0, 0.1) is 5.41 Å². The van der Waals surface area contributed by atoms with Crippen molar-refractivity contribution in [2.45, 2.75) is 47.1 Å². The number of allylic oxidation sites excluding steroid dienone is 3. The van der Waals surface area contributed by atoms with E-state index in [1.54, 1.807) is 19.9 Å². The first-order valence-corrected chi connectivity index (χ1v) is 7.89. The molecule has 0 aromatic heterocycles. The van der Waals surface area contributed by atoms with E-state index in [9.17, 15) is 18.7 Å². The summed E-state index contributed by atoms with van der Waals surface area (Å²) in [4.78, 5) is 11.3. The number of carbonyl (C=O) groups is 1. The maximum Gasteiger partial charge on any atom is 0.309 e. The minimum absolute atomic E-state index is 0.325. The lowest BCUT2D eigenvalue weighted by atomic mass is 9.81. The minimum atomic E-state index is -2.16. The fourth-order valence-corrected chi connectivity index (χ4v) is 3.19. The SMILES string of the molecule is C/C=C1/C=C(CC(C)(C)C(=O)O)[C@@H](C)N(S(=O)O)/C1=C/C. The Kier molecular flexibility index (Phi) is 5.53. The summed E-state index contributed by atoms with van der Waals surface area (Å²) in [5.41, 5.74) is 1.43. The Balaban J connectivity index is 3.30. The first kappa shape index (κ1) is 17.7. The number of carboxylic acid groups (broad SMARTS) is 1. The largest absolute Gasteiger partial charge is 0.481 e. The smallest absolute Gasteiger partial charge is 0.309 e. The monoisotopic (exact) mass is 313 g/mol. The number of hydrogen-bond donors (Lipinski definition) is 2. The fourth-order valence-electron chi connectivity index (χ4n) is 2.41. The van der Waals surface area contributed by atoms with Gasteiger partial charge in [-0.05, 0) is 52.2 Å². The second-order valence-corrected chi connectivity index (χ2v) is 6.59. The van der Waals surface area contributed by atoms with Crippen molar-refractivity contribution in [3.63, 3.8) is 0 Å². The van der Waals surface area contributed by atoms with Gasteiger partial charge in [0.2, 0.25) is 0 Å². The molecule has 6 heteroatoms. The summed E-state index contributed by atoms with van der Waals surface area (Å²) in [6.07, 6.45) is 5.89. The van der Waals surface area contributed by atoms with Gasteiger partial charge < -0.3 is 5.11 Å². The summed E-state index contributed by atoms with van der Waals surface area (Å²) in [5.74, 6) is -0.883. The summed E-state index contributed by atoms with van der Waals surface area (Å²) in [7, 11) is 0. The molecule has 1 unspecified atom stereocenters. The van der Waals surface area contributed by atoms with Crippen LogP contribution in [0.3, 0.4) is 0 Å². The molecule has 0 saturated heterocycles. The van der Waals surface area contributed by atoms with Gasteiger partial charge >= 0.3 is 5.97 Å². The first-order valence-electron chi connectivity index (χ1n) is 6.82. The molecule has 1 aliphatic heterocycles. The molecule has 0 bridgehead atoms. The van der Waals surface area contributed by atoms with E-state index in [4.69, 9.17) is 0 Å². The van der Waals surface area contributed by atoms with Crippen LogP contribution in [0.4, 0.5) is 0 Å². The second-order valence-electron chi connectivity index (χ2n) is 5.74. The normalized spacial score (nSPS) is 25.1. The number of nitrogens with zero attached hydrogens (tertiary/aromatic N) is 1. The molecule has 118 valence electrons. The van der Waals surface area contributed by atoms with Crippen LogP contribution in [0.2, 0.25) is 0 Å². The zero-order chi connectivity index (χ0) is 16.4. The van der Waals surface area contributed by atoms with E-state index < -0.39 is 22.7 Å². The zero-order valence-corrected chi connectivity index (χ0v) is 13.9. The van der Waals surface area contributed by atoms with Crippen molar-refractivity contribution in [3.8, 4) is 0 Å². The lowest BCUT2D eigenvalue weighted by Gasteiger charge is -2.37. The summed E-state index contributed by atoms with van der Waals surface area (Å²) in [5, 5.41) is 9.28. The molecule has 2 N–H and O–H groups in total. The maximum absolute atomic E-state index is 11.7. The topological polar surface area (TPSA) is 77.8 Å². The van der Waals surface area contributed by atoms with Crippen molar-refractivity contribution in [2.24, 2.45) is 5.41 Å². The van der Waals surface area contributed by atoms with Crippen LogP contribution in [0.5, 0.6) is 0 Å². The molecule has 21 heavy (non-hydrogen) atoms. The maximum atomic E-state index is 11.7. The molecule has 0 amide bonds. The van der Waals surface area contributed by atoms with Gasteiger partial charge in [-0.3, -0.25) is 13.7 Å². The van der Waals surface area contributed by atoms with Crippen molar-refractivity contribution >= 4 is 17.2 Å². The van der Waals surface area contributed by atoms with Crippen LogP contribution in [0.25, 0.3) is 0 Å². The molecule has 1 aliphatic rings. The molecule has 0 aromatic carbocycles. The number of rotatable bonds is 4. The average Bonchev–Trinajstić information content (AvgIpc) is 2.39. The minimum Gasteiger partial charge on any atom is -0.481 e. The van der Waals surface area contributed by atoms with Crippen molar-refractivity contribution in [2.75, 3.05) is 0 Å². The Labute approximate surface area is 128 Å². The van der Waals surface area contributed by atoms with Gasteiger partial charge in [0.25, 0.3) is 11.3 Å². The molecule has 2 atom stereocenters. The Bertz CT molecular complexity index is 546. The van der Waals surface area contributed by atoms with Crippen molar-refractivity contribution in [1.82, 2.24) is 4.31 Å². The Hall–Kier alpha value is -1.40. The van der Waals surface area contributed by atoms with Gasteiger partial charge in [0.1, 0.15) is 0 Å². The van der Waals surface area contributed by atoms with Crippen LogP contribution in [-0.4, -0.2) is 30.2 Å². The van der Waals surface area contributed by atoms with E-state index in [2.05, 4.69) is 0 Å². The first-order chi connectivity index (χ1) is 9.65. The predicted molar refractivity (Wildman–Crippen MR) is 83.7 cm³/mol. The molecular weight excluding hydrogens is 290 g/mol. The average molecular weight is 313 g/mol.